The van der Waals surface area contributed by atoms with Crippen LogP contribution in [-0.2, 0) is 13.6 Å². The van der Waals surface area contributed by atoms with Crippen LogP contribution in [0.3, 0.4) is 0 Å². The van der Waals surface area contributed by atoms with Crippen molar-refractivity contribution < 1.29 is 0 Å². The second kappa shape index (κ2) is 4.51. The minimum atomic E-state index is 0.591. The molecule has 2 rings (SSSR count). The Balaban J connectivity index is 2.14. The average Bonchev–Trinajstić information content (AvgIpc) is 2.66. The van der Waals surface area contributed by atoms with Crippen molar-refractivity contribution in [1.29, 1.82) is 0 Å². The molecule has 0 aliphatic carbocycles. The Hall–Kier alpha value is -1.26. The molecule has 0 unspecified atom stereocenters. The molecule has 0 amide bonds. The number of hydrogen-bond acceptors (Lipinski definition) is 3. The van der Waals surface area contributed by atoms with E-state index in [1.54, 1.807) is 18.0 Å². The molecule has 2 aromatic rings. The van der Waals surface area contributed by atoms with Crippen LogP contribution in [0.5, 0.6) is 0 Å². The Kier molecular flexibility index (Phi) is 3.08. The van der Waals surface area contributed by atoms with Gasteiger partial charge in [0.05, 0.1) is 0 Å². The topological polar surface area (TPSA) is 43.8 Å². The van der Waals surface area contributed by atoms with Crippen LogP contribution in [-0.4, -0.2) is 9.55 Å². The molecule has 3 nitrogen and oxygen atoms in total. The van der Waals surface area contributed by atoms with Crippen LogP contribution in [0.2, 0.25) is 0 Å². The van der Waals surface area contributed by atoms with E-state index in [9.17, 15) is 0 Å². The maximum atomic E-state index is 5.54. The summed E-state index contributed by atoms with van der Waals surface area (Å²) >= 11 is 1.65. The number of aromatic nitrogens is 2. The highest BCUT2D eigenvalue weighted by molar-refractivity contribution is 7.99. The molecule has 15 heavy (non-hydrogen) atoms. The standard InChI is InChI=1S/C11H13N3S/c1-14-7-6-13-11(14)15-10-4-2-9(8-12)3-5-10/h2-7H,8,12H2,1H3. The van der Waals surface area contributed by atoms with E-state index in [0.717, 1.165) is 10.7 Å². The third-order valence-corrected chi connectivity index (χ3v) is 3.23. The van der Waals surface area contributed by atoms with Crippen molar-refractivity contribution in [2.75, 3.05) is 0 Å². The maximum Gasteiger partial charge on any atom is 0.172 e. The van der Waals surface area contributed by atoms with Crippen LogP contribution in [0.25, 0.3) is 0 Å². The SMILES string of the molecule is Cn1ccnc1Sc1ccc(CN)cc1. The van der Waals surface area contributed by atoms with E-state index in [2.05, 4.69) is 17.1 Å². The fourth-order valence-corrected chi connectivity index (χ4v) is 2.05. The highest BCUT2D eigenvalue weighted by Crippen LogP contribution is 2.25. The Morgan fingerprint density at radius 3 is 2.60 bits per heavy atom. The summed E-state index contributed by atoms with van der Waals surface area (Å²) < 4.78 is 2.00. The molecule has 4 heteroatoms. The van der Waals surface area contributed by atoms with Crippen molar-refractivity contribution in [3.63, 3.8) is 0 Å². The zero-order valence-electron chi connectivity index (χ0n) is 8.55. The summed E-state index contributed by atoms with van der Waals surface area (Å²) in [5.41, 5.74) is 6.69. The van der Waals surface area contributed by atoms with Gasteiger partial charge in [0.25, 0.3) is 0 Å². The predicted molar refractivity (Wildman–Crippen MR) is 61.7 cm³/mol. The molecule has 1 aromatic carbocycles. The van der Waals surface area contributed by atoms with Gasteiger partial charge in [-0.05, 0) is 17.7 Å². The molecule has 0 radical (unpaired) electrons. The van der Waals surface area contributed by atoms with Gasteiger partial charge in [0, 0.05) is 30.9 Å². The smallest absolute Gasteiger partial charge is 0.172 e. The molecule has 0 spiro atoms. The molecule has 0 bridgehead atoms. The van der Waals surface area contributed by atoms with E-state index in [4.69, 9.17) is 5.73 Å². The molecule has 0 atom stereocenters. The summed E-state index contributed by atoms with van der Waals surface area (Å²) in [6, 6.07) is 8.24. The Morgan fingerprint density at radius 2 is 2.07 bits per heavy atom. The van der Waals surface area contributed by atoms with Crippen molar-refractivity contribution in [2.24, 2.45) is 12.8 Å². The number of aryl methyl sites for hydroxylation is 1. The highest BCUT2D eigenvalue weighted by Gasteiger charge is 2.01. The number of nitrogens with two attached hydrogens (primary N) is 1. The van der Waals surface area contributed by atoms with Gasteiger partial charge < -0.3 is 10.3 Å². The number of nitrogens with zero attached hydrogens (tertiary/aromatic N) is 2. The lowest BCUT2D eigenvalue weighted by atomic mass is 10.2. The summed E-state index contributed by atoms with van der Waals surface area (Å²) in [5, 5.41) is 0.996. The lowest BCUT2D eigenvalue weighted by Crippen LogP contribution is -1.95. The molecular weight excluding hydrogens is 206 g/mol. The van der Waals surface area contributed by atoms with Gasteiger partial charge in [0.2, 0.25) is 0 Å². The Labute approximate surface area is 93.3 Å². The van der Waals surface area contributed by atoms with Crippen molar-refractivity contribution in [1.82, 2.24) is 9.55 Å². The van der Waals surface area contributed by atoms with Gasteiger partial charge >= 0.3 is 0 Å². The van der Waals surface area contributed by atoms with Crippen LogP contribution in [0.15, 0.2) is 46.7 Å². The van der Waals surface area contributed by atoms with E-state index in [0.29, 0.717) is 6.54 Å². The van der Waals surface area contributed by atoms with E-state index in [1.165, 1.54) is 4.90 Å². The minimum absolute atomic E-state index is 0.591. The summed E-state index contributed by atoms with van der Waals surface area (Å²) in [5.74, 6) is 0. The first kappa shape index (κ1) is 10.3. The summed E-state index contributed by atoms with van der Waals surface area (Å²) in [6.45, 7) is 0.591. The largest absolute Gasteiger partial charge is 0.329 e. The zero-order chi connectivity index (χ0) is 10.7. The first-order valence-corrected chi connectivity index (χ1v) is 5.55. The number of rotatable bonds is 3. The maximum absolute atomic E-state index is 5.54. The van der Waals surface area contributed by atoms with Crippen molar-refractivity contribution >= 4 is 11.8 Å². The van der Waals surface area contributed by atoms with Crippen molar-refractivity contribution in [3.8, 4) is 0 Å². The molecule has 0 aliphatic heterocycles. The van der Waals surface area contributed by atoms with E-state index < -0.39 is 0 Å². The second-order valence-electron chi connectivity index (χ2n) is 3.27. The van der Waals surface area contributed by atoms with Gasteiger partial charge in [0.15, 0.2) is 5.16 Å². The third-order valence-electron chi connectivity index (χ3n) is 2.15. The first-order chi connectivity index (χ1) is 7.29. The normalized spacial score (nSPS) is 10.5. The molecule has 0 fully saturated rings. The van der Waals surface area contributed by atoms with Gasteiger partial charge in [-0.15, -0.1) is 0 Å². The third kappa shape index (κ3) is 2.40. The number of hydrogen-bond donors (Lipinski definition) is 1. The summed E-state index contributed by atoms with van der Waals surface area (Å²) in [6.07, 6.45) is 3.74. The first-order valence-electron chi connectivity index (χ1n) is 4.74. The van der Waals surface area contributed by atoms with Crippen molar-refractivity contribution in [3.05, 3.63) is 42.2 Å². The lowest BCUT2D eigenvalue weighted by Gasteiger charge is -2.02. The number of imidazole rings is 1. The fourth-order valence-electron chi connectivity index (χ4n) is 1.25. The van der Waals surface area contributed by atoms with Gasteiger partial charge in [-0.25, -0.2) is 4.98 Å². The molecule has 1 aromatic heterocycles. The molecule has 0 saturated carbocycles. The van der Waals surface area contributed by atoms with Crippen LogP contribution in [0.4, 0.5) is 0 Å². The zero-order valence-corrected chi connectivity index (χ0v) is 9.37. The van der Waals surface area contributed by atoms with Crippen LogP contribution in [0.1, 0.15) is 5.56 Å². The Morgan fingerprint density at radius 1 is 1.33 bits per heavy atom. The van der Waals surface area contributed by atoms with Gasteiger partial charge in [-0.3, -0.25) is 0 Å². The van der Waals surface area contributed by atoms with Gasteiger partial charge in [-0.2, -0.15) is 0 Å². The molecule has 78 valence electrons. The molecule has 1 heterocycles. The highest BCUT2D eigenvalue weighted by atomic mass is 32.2. The number of benzene rings is 1. The predicted octanol–water partition coefficient (Wildman–Crippen LogP) is 2.03. The molecule has 0 saturated heterocycles. The van der Waals surface area contributed by atoms with Gasteiger partial charge in [-0.1, -0.05) is 23.9 Å². The second-order valence-corrected chi connectivity index (χ2v) is 4.31. The van der Waals surface area contributed by atoms with E-state index >= 15 is 0 Å². The fraction of sp³-hybridized carbons (Fsp3) is 0.182. The van der Waals surface area contributed by atoms with E-state index in [-0.39, 0.29) is 0 Å². The van der Waals surface area contributed by atoms with Crippen LogP contribution in [0, 0.1) is 0 Å². The molecule has 0 aliphatic rings. The van der Waals surface area contributed by atoms with Gasteiger partial charge in [0.1, 0.15) is 0 Å². The molecule has 2 N–H and O–H groups in total. The quantitative estimate of drug-likeness (QED) is 0.859. The monoisotopic (exact) mass is 219 g/mol. The van der Waals surface area contributed by atoms with Crippen molar-refractivity contribution in [2.45, 2.75) is 16.6 Å². The van der Waals surface area contributed by atoms with Crippen LogP contribution < -0.4 is 5.73 Å². The molecular formula is C11H13N3S. The minimum Gasteiger partial charge on any atom is -0.329 e. The summed E-state index contributed by atoms with van der Waals surface area (Å²) in [4.78, 5) is 5.44. The van der Waals surface area contributed by atoms with E-state index in [1.807, 2.05) is 29.9 Å². The Bertz CT molecular complexity index is 433. The lowest BCUT2D eigenvalue weighted by molar-refractivity contribution is 0.790. The summed E-state index contributed by atoms with van der Waals surface area (Å²) in [7, 11) is 1.99. The average molecular weight is 219 g/mol. The van der Waals surface area contributed by atoms with Crippen LogP contribution >= 0.6 is 11.8 Å².